The first kappa shape index (κ1) is 22.7. The molecule has 2 unspecified atom stereocenters. The molecule has 6 heteroatoms. The van der Waals surface area contributed by atoms with Crippen LogP contribution in [0.1, 0.15) is 44.6 Å². The summed E-state index contributed by atoms with van der Waals surface area (Å²) in [6.07, 6.45) is 3.21. The molecule has 0 aromatic heterocycles. The number of piperidine rings is 1. The smallest absolute Gasteiger partial charge is 0.239 e. The Kier molecular flexibility index (Phi) is 10.6. The molecule has 2 N–H and O–H groups in total. The number of hydrogen-bond donors (Lipinski definition) is 2. The molecule has 0 aliphatic carbocycles. The van der Waals surface area contributed by atoms with Gasteiger partial charge in [-0.15, -0.1) is 24.0 Å². The van der Waals surface area contributed by atoms with Crippen molar-refractivity contribution in [3.8, 4) is 0 Å². The number of nitrogens with one attached hydrogen (secondary N) is 2. The van der Waals surface area contributed by atoms with E-state index >= 15 is 0 Å². The van der Waals surface area contributed by atoms with Gasteiger partial charge in [-0.25, -0.2) is 0 Å². The Morgan fingerprint density at radius 2 is 1.96 bits per heavy atom. The normalized spacial score (nSPS) is 20.3. The van der Waals surface area contributed by atoms with Gasteiger partial charge in [0.2, 0.25) is 5.91 Å². The second-order valence-electron chi connectivity index (χ2n) is 6.67. The Balaban J connectivity index is 0.00000338. The molecule has 1 aromatic carbocycles. The van der Waals surface area contributed by atoms with Gasteiger partial charge in [0.05, 0.1) is 6.54 Å². The van der Waals surface area contributed by atoms with Crippen molar-refractivity contribution in [1.82, 2.24) is 15.5 Å². The fourth-order valence-electron chi connectivity index (χ4n) is 3.60. The number of hydrogen-bond acceptors (Lipinski definition) is 2. The predicted octanol–water partition coefficient (Wildman–Crippen LogP) is 3.22. The van der Waals surface area contributed by atoms with E-state index < -0.39 is 0 Å². The van der Waals surface area contributed by atoms with Gasteiger partial charge < -0.3 is 15.5 Å². The monoisotopic (exact) mass is 472 g/mol. The van der Waals surface area contributed by atoms with Crippen LogP contribution in [0.15, 0.2) is 35.3 Å². The molecule has 0 spiro atoms. The highest BCUT2D eigenvalue weighted by Gasteiger charge is 2.30. The number of likely N-dealkylation sites (tertiary alicyclic amines) is 1. The van der Waals surface area contributed by atoms with Crippen LogP contribution < -0.4 is 10.6 Å². The molecule has 2 rings (SSSR count). The zero-order valence-corrected chi connectivity index (χ0v) is 18.5. The largest absolute Gasteiger partial charge is 0.355 e. The fourth-order valence-corrected chi connectivity index (χ4v) is 3.60. The lowest BCUT2D eigenvalue weighted by atomic mass is 9.79. The second-order valence-corrected chi connectivity index (χ2v) is 6.67. The molecule has 26 heavy (non-hydrogen) atoms. The van der Waals surface area contributed by atoms with Crippen molar-refractivity contribution in [3.05, 3.63) is 35.9 Å². The molecule has 5 nitrogen and oxygen atoms in total. The Hall–Kier alpha value is -1.31. The number of benzene rings is 1. The van der Waals surface area contributed by atoms with Crippen LogP contribution in [-0.4, -0.2) is 50.0 Å². The van der Waals surface area contributed by atoms with Crippen LogP contribution in [0, 0.1) is 5.92 Å². The van der Waals surface area contributed by atoms with Crippen LogP contribution in [0.5, 0.6) is 0 Å². The molecular weight excluding hydrogens is 439 g/mol. The summed E-state index contributed by atoms with van der Waals surface area (Å²) in [6.45, 7) is 7.26. The third kappa shape index (κ3) is 6.45. The Labute approximate surface area is 175 Å². The molecule has 0 saturated carbocycles. The molecule has 0 bridgehead atoms. The van der Waals surface area contributed by atoms with Crippen molar-refractivity contribution in [3.63, 3.8) is 0 Å². The summed E-state index contributed by atoms with van der Waals surface area (Å²) in [5, 5.41) is 6.10. The van der Waals surface area contributed by atoms with Crippen molar-refractivity contribution in [2.75, 3.05) is 33.2 Å². The number of aliphatic imine (C=N–C) groups is 1. The van der Waals surface area contributed by atoms with E-state index in [1.165, 1.54) is 5.56 Å². The highest BCUT2D eigenvalue weighted by atomic mass is 127. The number of rotatable bonds is 6. The van der Waals surface area contributed by atoms with Gasteiger partial charge in [0.25, 0.3) is 0 Å². The van der Waals surface area contributed by atoms with Crippen LogP contribution in [0.2, 0.25) is 0 Å². The first-order valence-electron chi connectivity index (χ1n) is 9.46. The number of amides is 1. The fraction of sp³-hybridized carbons (Fsp3) is 0.600. The second kappa shape index (κ2) is 12.1. The molecule has 1 aromatic rings. The van der Waals surface area contributed by atoms with E-state index in [-0.39, 0.29) is 36.4 Å². The summed E-state index contributed by atoms with van der Waals surface area (Å²) in [6, 6.07) is 10.8. The molecule has 146 valence electrons. The predicted molar refractivity (Wildman–Crippen MR) is 119 cm³/mol. The summed E-state index contributed by atoms with van der Waals surface area (Å²) in [5.41, 5.74) is 1.44. The van der Waals surface area contributed by atoms with E-state index in [0.717, 1.165) is 44.9 Å². The third-order valence-electron chi connectivity index (χ3n) is 4.98. The van der Waals surface area contributed by atoms with Crippen molar-refractivity contribution >= 4 is 35.8 Å². The minimum absolute atomic E-state index is 0. The average molecular weight is 472 g/mol. The quantitative estimate of drug-likeness (QED) is 0.380. The van der Waals surface area contributed by atoms with Crippen LogP contribution in [0.25, 0.3) is 0 Å². The summed E-state index contributed by atoms with van der Waals surface area (Å²) < 4.78 is 0. The topological polar surface area (TPSA) is 56.7 Å². The molecular formula is C20H33IN4O. The Morgan fingerprint density at radius 3 is 2.58 bits per heavy atom. The zero-order valence-electron chi connectivity index (χ0n) is 16.2. The van der Waals surface area contributed by atoms with E-state index in [1.807, 2.05) is 0 Å². The highest BCUT2D eigenvalue weighted by molar-refractivity contribution is 14.0. The van der Waals surface area contributed by atoms with E-state index in [9.17, 15) is 4.79 Å². The van der Waals surface area contributed by atoms with Crippen LogP contribution >= 0.6 is 24.0 Å². The van der Waals surface area contributed by atoms with Crippen LogP contribution in [-0.2, 0) is 4.79 Å². The lowest BCUT2D eigenvalue weighted by Gasteiger charge is -2.40. The maximum absolute atomic E-state index is 11.8. The lowest BCUT2D eigenvalue weighted by Crippen LogP contribution is -2.50. The van der Waals surface area contributed by atoms with E-state index in [1.54, 1.807) is 7.05 Å². The van der Waals surface area contributed by atoms with Gasteiger partial charge in [-0.1, -0.05) is 50.6 Å². The summed E-state index contributed by atoms with van der Waals surface area (Å²) in [5.74, 6) is 2.06. The van der Waals surface area contributed by atoms with Gasteiger partial charge in [-0.3, -0.25) is 9.79 Å². The summed E-state index contributed by atoms with van der Waals surface area (Å²) >= 11 is 0. The lowest BCUT2D eigenvalue weighted by molar-refractivity contribution is -0.120. The van der Waals surface area contributed by atoms with Crippen molar-refractivity contribution < 1.29 is 4.79 Å². The van der Waals surface area contributed by atoms with Crippen molar-refractivity contribution in [2.45, 2.75) is 39.0 Å². The summed E-state index contributed by atoms with van der Waals surface area (Å²) in [7, 11) is 1.79. The van der Waals surface area contributed by atoms with E-state index in [2.05, 4.69) is 64.7 Å². The first-order valence-corrected chi connectivity index (χ1v) is 9.46. The zero-order chi connectivity index (χ0) is 18.1. The summed E-state index contributed by atoms with van der Waals surface area (Å²) in [4.78, 5) is 18.5. The van der Waals surface area contributed by atoms with Crippen molar-refractivity contribution in [1.29, 1.82) is 0 Å². The highest BCUT2D eigenvalue weighted by Crippen LogP contribution is 2.34. The average Bonchev–Trinajstić information content (AvgIpc) is 2.67. The van der Waals surface area contributed by atoms with Gasteiger partial charge >= 0.3 is 0 Å². The minimum Gasteiger partial charge on any atom is -0.355 e. The number of guanidine groups is 1. The van der Waals surface area contributed by atoms with Crippen LogP contribution in [0.3, 0.4) is 0 Å². The van der Waals surface area contributed by atoms with Gasteiger partial charge in [0.1, 0.15) is 0 Å². The van der Waals surface area contributed by atoms with Gasteiger partial charge in [-0.2, -0.15) is 0 Å². The molecule has 1 saturated heterocycles. The van der Waals surface area contributed by atoms with Gasteiger partial charge in [-0.05, 0) is 30.2 Å². The molecule has 0 radical (unpaired) electrons. The first-order chi connectivity index (χ1) is 12.2. The SMILES string of the molecule is CCCNC(=O)CNC(=NC)N1CCC(c2ccccc2)C(CC)C1.I. The molecule has 1 fully saturated rings. The van der Waals surface area contributed by atoms with E-state index in [0.29, 0.717) is 11.8 Å². The molecule has 1 heterocycles. The minimum atomic E-state index is 0. The van der Waals surface area contributed by atoms with Crippen molar-refractivity contribution in [2.24, 2.45) is 10.9 Å². The number of carbonyl (C=O) groups excluding carboxylic acids is 1. The standard InChI is InChI=1S/C20H32N4O.HI/c1-4-12-22-19(25)14-23-20(21-3)24-13-11-18(16(5-2)15-24)17-9-7-6-8-10-17;/h6-10,16,18H,4-5,11-15H2,1-3H3,(H,21,23)(H,22,25);1H. The molecule has 1 amide bonds. The Morgan fingerprint density at radius 1 is 1.23 bits per heavy atom. The molecule has 1 aliphatic rings. The molecule has 1 aliphatic heterocycles. The Bertz CT molecular complexity index is 564. The third-order valence-corrected chi connectivity index (χ3v) is 4.98. The van der Waals surface area contributed by atoms with Gasteiger partial charge in [0.15, 0.2) is 5.96 Å². The maximum Gasteiger partial charge on any atom is 0.239 e. The van der Waals surface area contributed by atoms with Gasteiger partial charge in [0, 0.05) is 26.7 Å². The van der Waals surface area contributed by atoms with E-state index in [4.69, 9.17) is 0 Å². The maximum atomic E-state index is 11.8. The number of halogens is 1. The number of carbonyl (C=O) groups is 1. The molecule has 2 atom stereocenters. The van der Waals surface area contributed by atoms with Crippen LogP contribution in [0.4, 0.5) is 0 Å². The number of nitrogens with zero attached hydrogens (tertiary/aromatic N) is 2.